The third-order valence-electron chi connectivity index (χ3n) is 3.51. The summed E-state index contributed by atoms with van der Waals surface area (Å²) in [7, 11) is 0. The first-order valence-corrected chi connectivity index (χ1v) is 7.59. The van der Waals surface area contributed by atoms with Crippen molar-refractivity contribution in [2.24, 2.45) is 0 Å². The van der Waals surface area contributed by atoms with Crippen molar-refractivity contribution in [1.82, 2.24) is 15.3 Å². The van der Waals surface area contributed by atoms with E-state index >= 15 is 0 Å². The molecule has 2 heterocycles. The van der Waals surface area contributed by atoms with Gasteiger partial charge in [0.2, 0.25) is 5.95 Å². The summed E-state index contributed by atoms with van der Waals surface area (Å²) in [5.74, 6) is 0.0578. The van der Waals surface area contributed by atoms with Gasteiger partial charge in [-0.05, 0) is 12.1 Å². The quantitative estimate of drug-likeness (QED) is 0.878. The number of halogens is 4. The van der Waals surface area contributed by atoms with Gasteiger partial charge in [-0.25, -0.2) is 9.97 Å². The Morgan fingerprint density at radius 1 is 1.25 bits per heavy atom. The number of nitrogens with zero attached hydrogens (tertiary/aromatic N) is 2. The number of rotatable bonds is 3. The second-order valence-corrected chi connectivity index (χ2v) is 5.63. The molecule has 1 aliphatic heterocycles. The van der Waals surface area contributed by atoms with Crippen molar-refractivity contribution in [1.29, 1.82) is 0 Å². The number of benzene rings is 1. The predicted octanol–water partition coefficient (Wildman–Crippen LogP) is 3.55. The molecular weight excluding hydrogens is 345 g/mol. The second-order valence-electron chi connectivity index (χ2n) is 5.22. The van der Waals surface area contributed by atoms with Crippen LogP contribution in [0.3, 0.4) is 0 Å². The molecule has 1 aliphatic rings. The molecule has 24 heavy (non-hydrogen) atoms. The summed E-state index contributed by atoms with van der Waals surface area (Å²) in [5.41, 5.74) is 0.526. The molecule has 1 aromatic heterocycles. The van der Waals surface area contributed by atoms with Crippen molar-refractivity contribution in [3.8, 4) is 0 Å². The van der Waals surface area contributed by atoms with Crippen LogP contribution in [0.4, 0.5) is 24.8 Å². The summed E-state index contributed by atoms with van der Waals surface area (Å²) in [4.78, 5) is 7.32. The monoisotopic (exact) mass is 358 g/mol. The number of hydrogen-bond donors (Lipinski definition) is 2. The van der Waals surface area contributed by atoms with Gasteiger partial charge in [0.25, 0.3) is 0 Å². The first kappa shape index (κ1) is 16.9. The highest BCUT2D eigenvalue weighted by Crippen LogP contribution is 2.31. The minimum atomic E-state index is -4.46. The molecule has 0 aliphatic carbocycles. The van der Waals surface area contributed by atoms with Gasteiger partial charge in [0.1, 0.15) is 0 Å². The highest BCUT2D eigenvalue weighted by atomic mass is 35.5. The summed E-state index contributed by atoms with van der Waals surface area (Å²) in [5, 5.41) is 6.54. The summed E-state index contributed by atoms with van der Waals surface area (Å²) in [6.45, 7) is 2.09. The Bertz CT molecular complexity index is 703. The minimum absolute atomic E-state index is 0.0578. The van der Waals surface area contributed by atoms with Crippen LogP contribution in [0.1, 0.15) is 17.2 Å². The Morgan fingerprint density at radius 3 is 2.58 bits per heavy atom. The van der Waals surface area contributed by atoms with E-state index in [1.165, 1.54) is 0 Å². The maximum atomic E-state index is 12.5. The molecule has 0 spiro atoms. The first-order valence-electron chi connectivity index (χ1n) is 7.21. The Morgan fingerprint density at radius 2 is 2.00 bits per heavy atom. The molecule has 2 N–H and O–H groups in total. The standard InChI is InChI=1S/C15H14ClF3N4O/c16-12-5-10(1-2-11(12)13-8-20-3-4-24-13)23-14-21-6-9(7-22-14)15(17,18)19/h1-2,5-7,13,20H,3-4,8H2,(H,21,22,23). The van der Waals surface area contributed by atoms with E-state index in [0.717, 1.165) is 24.5 Å². The lowest BCUT2D eigenvalue weighted by Gasteiger charge is -2.25. The van der Waals surface area contributed by atoms with Gasteiger partial charge in [-0.1, -0.05) is 17.7 Å². The highest BCUT2D eigenvalue weighted by Gasteiger charge is 2.31. The molecule has 0 amide bonds. The lowest BCUT2D eigenvalue weighted by atomic mass is 10.1. The van der Waals surface area contributed by atoms with Crippen molar-refractivity contribution in [3.63, 3.8) is 0 Å². The SMILES string of the molecule is FC(F)(F)c1cnc(Nc2ccc(C3CNCCO3)c(Cl)c2)nc1. The Labute approximate surface area is 141 Å². The molecule has 5 nitrogen and oxygen atoms in total. The third kappa shape index (κ3) is 3.95. The summed E-state index contributed by atoms with van der Waals surface area (Å²) in [6.07, 6.45) is -3.13. The van der Waals surface area contributed by atoms with Crippen molar-refractivity contribution in [3.05, 3.63) is 46.7 Å². The van der Waals surface area contributed by atoms with Crippen LogP contribution in [-0.4, -0.2) is 29.7 Å². The molecular formula is C15H14ClF3N4O. The maximum Gasteiger partial charge on any atom is 0.419 e. The van der Waals surface area contributed by atoms with Crippen LogP contribution in [-0.2, 0) is 10.9 Å². The smallest absolute Gasteiger partial charge is 0.371 e. The molecule has 9 heteroatoms. The molecule has 1 saturated heterocycles. The van der Waals surface area contributed by atoms with Crippen LogP contribution in [0, 0.1) is 0 Å². The van der Waals surface area contributed by atoms with Gasteiger partial charge in [-0.15, -0.1) is 0 Å². The number of aromatic nitrogens is 2. The number of morpholine rings is 1. The Hall–Kier alpha value is -1.90. The van der Waals surface area contributed by atoms with Gasteiger partial charge in [0, 0.05) is 41.8 Å². The van der Waals surface area contributed by atoms with Crippen LogP contribution in [0.2, 0.25) is 5.02 Å². The van der Waals surface area contributed by atoms with E-state index in [1.807, 2.05) is 6.07 Å². The zero-order valence-corrected chi connectivity index (χ0v) is 13.2. The number of anilines is 2. The normalized spacial score (nSPS) is 18.4. The minimum Gasteiger partial charge on any atom is -0.371 e. The van der Waals surface area contributed by atoms with Gasteiger partial charge in [-0.2, -0.15) is 13.2 Å². The Kier molecular flexibility index (Phi) is 4.88. The number of hydrogen-bond acceptors (Lipinski definition) is 5. The zero-order chi connectivity index (χ0) is 17.2. The summed E-state index contributed by atoms with van der Waals surface area (Å²) < 4.78 is 43.1. The molecule has 1 atom stereocenters. The fourth-order valence-electron chi connectivity index (χ4n) is 2.30. The predicted molar refractivity (Wildman–Crippen MR) is 83.3 cm³/mol. The van der Waals surface area contributed by atoms with Gasteiger partial charge in [0.15, 0.2) is 0 Å². The fraction of sp³-hybridized carbons (Fsp3) is 0.333. The van der Waals surface area contributed by atoms with Crippen LogP contribution < -0.4 is 10.6 Å². The largest absolute Gasteiger partial charge is 0.419 e. The lowest BCUT2D eigenvalue weighted by molar-refractivity contribution is -0.138. The third-order valence-corrected chi connectivity index (χ3v) is 3.84. The zero-order valence-electron chi connectivity index (χ0n) is 12.4. The fourth-order valence-corrected chi connectivity index (χ4v) is 2.60. The topological polar surface area (TPSA) is 59.1 Å². The maximum absolute atomic E-state index is 12.5. The lowest BCUT2D eigenvalue weighted by Crippen LogP contribution is -2.33. The van der Waals surface area contributed by atoms with Gasteiger partial charge in [0.05, 0.1) is 18.3 Å². The highest BCUT2D eigenvalue weighted by molar-refractivity contribution is 6.31. The van der Waals surface area contributed by atoms with E-state index in [1.54, 1.807) is 12.1 Å². The van der Waals surface area contributed by atoms with E-state index < -0.39 is 11.7 Å². The van der Waals surface area contributed by atoms with E-state index in [0.29, 0.717) is 23.9 Å². The Balaban J connectivity index is 1.72. The average Bonchev–Trinajstić information content (AvgIpc) is 2.55. The van der Waals surface area contributed by atoms with Crippen molar-refractivity contribution in [2.45, 2.75) is 12.3 Å². The molecule has 3 rings (SSSR count). The van der Waals surface area contributed by atoms with Gasteiger partial charge in [-0.3, -0.25) is 0 Å². The molecule has 128 valence electrons. The van der Waals surface area contributed by atoms with Crippen molar-refractivity contribution < 1.29 is 17.9 Å². The number of alkyl halides is 3. The van der Waals surface area contributed by atoms with Gasteiger partial charge < -0.3 is 15.4 Å². The molecule has 1 fully saturated rings. The first-order chi connectivity index (χ1) is 11.4. The average molecular weight is 359 g/mol. The summed E-state index contributed by atoms with van der Waals surface area (Å²) in [6, 6.07) is 5.22. The van der Waals surface area contributed by atoms with Crippen LogP contribution >= 0.6 is 11.6 Å². The van der Waals surface area contributed by atoms with Gasteiger partial charge >= 0.3 is 6.18 Å². The molecule has 0 bridgehead atoms. The van der Waals surface area contributed by atoms with E-state index in [2.05, 4.69) is 20.6 Å². The molecule has 1 aromatic carbocycles. The van der Waals surface area contributed by atoms with Crippen LogP contribution in [0.25, 0.3) is 0 Å². The molecule has 2 aromatic rings. The molecule has 1 unspecified atom stereocenters. The molecule has 0 radical (unpaired) electrons. The second kappa shape index (κ2) is 6.92. The molecule has 0 saturated carbocycles. The van der Waals surface area contributed by atoms with Crippen molar-refractivity contribution >= 4 is 23.2 Å². The van der Waals surface area contributed by atoms with Crippen LogP contribution in [0.15, 0.2) is 30.6 Å². The van der Waals surface area contributed by atoms with Crippen LogP contribution in [0.5, 0.6) is 0 Å². The number of nitrogens with one attached hydrogen (secondary N) is 2. The van der Waals surface area contributed by atoms with E-state index in [4.69, 9.17) is 16.3 Å². The summed E-state index contributed by atoms with van der Waals surface area (Å²) >= 11 is 6.28. The van der Waals surface area contributed by atoms with E-state index in [-0.39, 0.29) is 12.1 Å². The number of ether oxygens (including phenoxy) is 1. The van der Waals surface area contributed by atoms with Crippen molar-refractivity contribution in [2.75, 3.05) is 25.0 Å². The van der Waals surface area contributed by atoms with E-state index in [9.17, 15) is 13.2 Å².